The molecular weight excluding hydrogens is 475 g/mol. The van der Waals surface area contributed by atoms with E-state index in [2.05, 4.69) is 47.8 Å². The van der Waals surface area contributed by atoms with E-state index < -0.39 is 0 Å². The van der Waals surface area contributed by atoms with Crippen molar-refractivity contribution in [3.8, 4) is 10.6 Å². The molecule has 0 saturated heterocycles. The molecule has 6 heteroatoms. The predicted octanol–water partition coefficient (Wildman–Crippen LogP) is 6.50. The van der Waals surface area contributed by atoms with Gasteiger partial charge in [-0.1, -0.05) is 24.3 Å². The van der Waals surface area contributed by atoms with E-state index in [1.807, 2.05) is 42.5 Å². The fourth-order valence-corrected chi connectivity index (χ4v) is 5.60. The quantitative estimate of drug-likeness (QED) is 0.333. The Kier molecular flexibility index (Phi) is 4.81. The second kappa shape index (κ2) is 7.09. The van der Waals surface area contributed by atoms with Crippen molar-refractivity contribution in [2.45, 2.75) is 13.8 Å². The molecule has 0 saturated carbocycles. The Bertz CT molecular complexity index is 1100. The van der Waals surface area contributed by atoms with E-state index in [9.17, 15) is 4.79 Å². The minimum absolute atomic E-state index is 0.0846. The summed E-state index contributed by atoms with van der Waals surface area (Å²) in [6.45, 7) is 4.17. The molecule has 0 aliphatic carbocycles. The van der Waals surface area contributed by atoms with Gasteiger partial charge in [0.1, 0.15) is 10.0 Å². The van der Waals surface area contributed by atoms with E-state index in [0.717, 1.165) is 29.4 Å². The van der Waals surface area contributed by atoms with Gasteiger partial charge in [-0.15, -0.1) is 22.7 Å². The number of anilines is 1. The Morgan fingerprint density at radius 3 is 2.54 bits per heavy atom. The maximum absolute atomic E-state index is 12.8. The number of carbonyl (C=O) groups excluding carboxylic acids is 1. The third-order valence-corrected chi connectivity index (χ3v) is 7.36. The van der Waals surface area contributed by atoms with Gasteiger partial charge in [-0.25, -0.2) is 4.98 Å². The Morgan fingerprint density at radius 2 is 1.77 bits per heavy atom. The molecule has 2 heterocycles. The van der Waals surface area contributed by atoms with Crippen LogP contribution in [0.3, 0.4) is 0 Å². The monoisotopic (exact) mass is 490 g/mol. The maximum atomic E-state index is 12.8. The average Bonchev–Trinajstić information content (AvgIpc) is 3.16. The number of fused-ring (bicyclic) bond motifs is 1. The van der Waals surface area contributed by atoms with Crippen LogP contribution >= 0.6 is 45.3 Å². The zero-order valence-corrected chi connectivity index (χ0v) is 18.0. The summed E-state index contributed by atoms with van der Waals surface area (Å²) >= 11 is 5.46. The Balaban J connectivity index is 1.77. The molecule has 0 fully saturated rings. The first-order valence-electron chi connectivity index (χ1n) is 8.06. The summed E-state index contributed by atoms with van der Waals surface area (Å²) in [5, 5.41) is 4.93. The highest BCUT2D eigenvalue weighted by molar-refractivity contribution is 14.1. The molecule has 2 aromatic heterocycles. The molecule has 0 aliphatic rings. The minimum Gasteiger partial charge on any atom is -0.313 e. The number of benzene rings is 2. The van der Waals surface area contributed by atoms with Gasteiger partial charge in [-0.2, -0.15) is 0 Å². The van der Waals surface area contributed by atoms with Gasteiger partial charge in [-0.3, -0.25) is 4.79 Å². The van der Waals surface area contributed by atoms with Crippen LogP contribution in [0, 0.1) is 17.4 Å². The number of thiazole rings is 1. The predicted molar refractivity (Wildman–Crippen MR) is 120 cm³/mol. The summed E-state index contributed by atoms with van der Waals surface area (Å²) < 4.78 is 2.09. The average molecular weight is 490 g/mol. The standard InChI is InChI=1S/C20H15IN2OS2/c1-11-12(2)25-20(23-18(24)13-7-3-4-8-14(13)21)17(11)19-22-15-9-5-6-10-16(15)26-19/h3-10H,1-2H3,(H,23,24). The molecule has 4 aromatic rings. The van der Waals surface area contributed by atoms with Gasteiger partial charge in [0.05, 0.1) is 15.8 Å². The normalized spacial score (nSPS) is 11.0. The summed E-state index contributed by atoms with van der Waals surface area (Å²) in [5.74, 6) is -0.0846. The number of amides is 1. The molecule has 2 aromatic carbocycles. The van der Waals surface area contributed by atoms with Crippen molar-refractivity contribution in [2.75, 3.05) is 5.32 Å². The molecular formula is C20H15IN2OS2. The molecule has 4 rings (SSSR count). The van der Waals surface area contributed by atoms with E-state index in [0.29, 0.717) is 5.56 Å². The molecule has 26 heavy (non-hydrogen) atoms. The molecule has 0 bridgehead atoms. The highest BCUT2D eigenvalue weighted by Gasteiger charge is 2.20. The lowest BCUT2D eigenvalue weighted by molar-refractivity contribution is 0.102. The number of aromatic nitrogens is 1. The molecule has 0 atom stereocenters. The number of hydrogen-bond acceptors (Lipinski definition) is 4. The zero-order chi connectivity index (χ0) is 18.3. The van der Waals surface area contributed by atoms with Crippen molar-refractivity contribution < 1.29 is 4.79 Å². The van der Waals surface area contributed by atoms with Crippen LogP contribution in [0.2, 0.25) is 0 Å². The summed E-state index contributed by atoms with van der Waals surface area (Å²) in [4.78, 5) is 18.8. The fraction of sp³-hybridized carbons (Fsp3) is 0.100. The van der Waals surface area contributed by atoms with Gasteiger partial charge >= 0.3 is 0 Å². The third kappa shape index (κ3) is 3.17. The second-order valence-electron chi connectivity index (χ2n) is 5.91. The molecule has 1 N–H and O–H groups in total. The molecule has 130 valence electrons. The van der Waals surface area contributed by atoms with E-state index in [-0.39, 0.29) is 5.91 Å². The van der Waals surface area contributed by atoms with Crippen molar-refractivity contribution in [3.05, 3.63) is 68.1 Å². The van der Waals surface area contributed by atoms with E-state index >= 15 is 0 Å². The van der Waals surface area contributed by atoms with Crippen LogP contribution in [0.1, 0.15) is 20.8 Å². The number of carbonyl (C=O) groups is 1. The van der Waals surface area contributed by atoms with E-state index in [1.165, 1.54) is 10.4 Å². The number of nitrogens with one attached hydrogen (secondary N) is 1. The van der Waals surface area contributed by atoms with Gasteiger partial charge in [0.15, 0.2) is 0 Å². The number of nitrogens with zero attached hydrogens (tertiary/aromatic N) is 1. The van der Waals surface area contributed by atoms with E-state index in [1.54, 1.807) is 22.7 Å². The summed E-state index contributed by atoms with van der Waals surface area (Å²) in [6, 6.07) is 15.7. The van der Waals surface area contributed by atoms with Gasteiger partial charge in [0, 0.05) is 14.0 Å². The Labute approximate surface area is 173 Å². The SMILES string of the molecule is Cc1sc(NC(=O)c2ccccc2I)c(-c2nc3ccccc3s2)c1C. The van der Waals surface area contributed by atoms with Crippen LogP contribution in [-0.2, 0) is 0 Å². The Morgan fingerprint density at radius 1 is 1.04 bits per heavy atom. The number of para-hydroxylation sites is 1. The van der Waals surface area contributed by atoms with Crippen LogP contribution in [0.25, 0.3) is 20.8 Å². The van der Waals surface area contributed by atoms with Crippen molar-refractivity contribution in [3.63, 3.8) is 0 Å². The number of thiophene rings is 1. The largest absolute Gasteiger partial charge is 0.313 e. The van der Waals surface area contributed by atoms with Crippen LogP contribution in [0.4, 0.5) is 5.00 Å². The lowest BCUT2D eigenvalue weighted by Gasteiger charge is -2.07. The van der Waals surface area contributed by atoms with E-state index in [4.69, 9.17) is 4.98 Å². The number of rotatable bonds is 3. The van der Waals surface area contributed by atoms with Crippen molar-refractivity contribution in [1.82, 2.24) is 4.98 Å². The highest BCUT2D eigenvalue weighted by atomic mass is 127. The Hall–Kier alpha value is -1.77. The third-order valence-electron chi connectivity index (χ3n) is 4.24. The van der Waals surface area contributed by atoms with Gasteiger partial charge in [0.25, 0.3) is 5.91 Å². The summed E-state index contributed by atoms with van der Waals surface area (Å²) in [7, 11) is 0. The van der Waals surface area contributed by atoms with Crippen LogP contribution in [-0.4, -0.2) is 10.9 Å². The first-order valence-corrected chi connectivity index (χ1v) is 10.8. The van der Waals surface area contributed by atoms with Crippen LogP contribution in [0.15, 0.2) is 48.5 Å². The van der Waals surface area contributed by atoms with Gasteiger partial charge in [0.2, 0.25) is 0 Å². The van der Waals surface area contributed by atoms with Gasteiger partial charge in [-0.05, 0) is 66.3 Å². The molecule has 1 amide bonds. The van der Waals surface area contributed by atoms with Crippen molar-refractivity contribution in [2.24, 2.45) is 0 Å². The highest BCUT2D eigenvalue weighted by Crippen LogP contribution is 2.43. The molecule has 0 spiro atoms. The second-order valence-corrected chi connectivity index (χ2v) is 9.33. The number of hydrogen-bond donors (Lipinski definition) is 1. The molecule has 0 radical (unpaired) electrons. The van der Waals surface area contributed by atoms with Crippen molar-refractivity contribution in [1.29, 1.82) is 0 Å². The molecule has 3 nitrogen and oxygen atoms in total. The smallest absolute Gasteiger partial charge is 0.257 e. The summed E-state index contributed by atoms with van der Waals surface area (Å²) in [5.41, 5.74) is 3.89. The van der Waals surface area contributed by atoms with Crippen molar-refractivity contribution >= 4 is 66.4 Å². The lowest BCUT2D eigenvalue weighted by atomic mass is 10.1. The minimum atomic E-state index is -0.0846. The topological polar surface area (TPSA) is 42.0 Å². The number of halogens is 1. The molecule has 0 unspecified atom stereocenters. The van der Waals surface area contributed by atoms with Gasteiger partial charge < -0.3 is 5.32 Å². The lowest BCUT2D eigenvalue weighted by Crippen LogP contribution is -2.13. The van der Waals surface area contributed by atoms with Crippen LogP contribution in [0.5, 0.6) is 0 Å². The first kappa shape index (κ1) is 17.6. The summed E-state index contributed by atoms with van der Waals surface area (Å²) in [6.07, 6.45) is 0. The van der Waals surface area contributed by atoms with Crippen LogP contribution < -0.4 is 5.32 Å². The molecule has 0 aliphatic heterocycles. The fourth-order valence-electron chi connectivity index (χ4n) is 2.77. The maximum Gasteiger partial charge on any atom is 0.257 e. The first-order chi connectivity index (χ1) is 12.5. The zero-order valence-electron chi connectivity index (χ0n) is 14.2. The number of aryl methyl sites for hydroxylation is 1.